The molecule has 156 valence electrons. The van der Waals surface area contributed by atoms with Crippen LogP contribution in [0.3, 0.4) is 0 Å². The highest BCUT2D eigenvalue weighted by Gasteiger charge is 2.31. The molecular formula is C19H20ClF3N4O2. The molecule has 3 aromatic rings. The average molecular weight is 429 g/mol. The molecule has 0 saturated heterocycles. The van der Waals surface area contributed by atoms with Crippen LogP contribution >= 0.6 is 12.4 Å². The minimum atomic E-state index is -4.54. The van der Waals surface area contributed by atoms with Crippen LogP contribution in [0.4, 0.5) is 18.9 Å². The van der Waals surface area contributed by atoms with E-state index in [1.807, 2.05) is 0 Å². The molecule has 0 saturated carbocycles. The summed E-state index contributed by atoms with van der Waals surface area (Å²) in [6.07, 6.45) is -4.54. The Balaban J connectivity index is 0.00000300. The number of benzene rings is 1. The minimum absolute atomic E-state index is 0. The zero-order chi connectivity index (χ0) is 20.6. The van der Waals surface area contributed by atoms with Crippen LogP contribution in [-0.2, 0) is 12.7 Å². The molecule has 2 heterocycles. The van der Waals surface area contributed by atoms with E-state index < -0.39 is 17.6 Å². The van der Waals surface area contributed by atoms with Gasteiger partial charge in [-0.15, -0.1) is 12.4 Å². The summed E-state index contributed by atoms with van der Waals surface area (Å²) >= 11 is 0. The molecule has 0 atom stereocenters. The third-order valence-electron chi connectivity index (χ3n) is 4.33. The first-order valence-electron chi connectivity index (χ1n) is 8.45. The number of carbonyl (C=O) groups is 1. The second-order valence-electron chi connectivity index (χ2n) is 6.49. The van der Waals surface area contributed by atoms with E-state index >= 15 is 0 Å². The molecule has 0 radical (unpaired) electrons. The van der Waals surface area contributed by atoms with Crippen molar-refractivity contribution in [2.75, 3.05) is 5.32 Å². The van der Waals surface area contributed by atoms with Gasteiger partial charge < -0.3 is 15.6 Å². The van der Waals surface area contributed by atoms with Crippen LogP contribution in [0.5, 0.6) is 0 Å². The maximum absolute atomic E-state index is 13.1. The number of aryl methyl sites for hydroxylation is 2. The van der Waals surface area contributed by atoms with Gasteiger partial charge in [0.1, 0.15) is 5.76 Å². The molecule has 6 nitrogen and oxygen atoms in total. The molecule has 0 bridgehead atoms. The lowest BCUT2D eigenvalue weighted by molar-refractivity contribution is -0.137. The Morgan fingerprint density at radius 2 is 1.86 bits per heavy atom. The Bertz CT molecular complexity index is 1040. The lowest BCUT2D eigenvalue weighted by Gasteiger charge is -2.12. The number of carbonyl (C=O) groups excluding carboxylic acids is 1. The van der Waals surface area contributed by atoms with Gasteiger partial charge in [0.05, 0.1) is 11.1 Å². The molecule has 0 unspecified atom stereocenters. The van der Waals surface area contributed by atoms with Crippen LogP contribution in [-0.4, -0.2) is 15.6 Å². The summed E-state index contributed by atoms with van der Waals surface area (Å²) < 4.78 is 46.1. The molecule has 29 heavy (non-hydrogen) atoms. The number of rotatable bonds is 4. The largest absolute Gasteiger partial charge is 0.416 e. The zero-order valence-corrected chi connectivity index (χ0v) is 16.7. The SMILES string of the molecule is Cc1cc(-n2c(C)cc(C(=O)Nc3cc(CN)cc(C(F)(F)F)c3)c2C)no1.Cl. The van der Waals surface area contributed by atoms with E-state index in [9.17, 15) is 18.0 Å². The fourth-order valence-electron chi connectivity index (χ4n) is 3.05. The van der Waals surface area contributed by atoms with Crippen LogP contribution in [0.1, 0.15) is 38.6 Å². The van der Waals surface area contributed by atoms with Gasteiger partial charge in [0.2, 0.25) is 0 Å². The summed E-state index contributed by atoms with van der Waals surface area (Å²) in [5.41, 5.74) is 6.58. The van der Waals surface area contributed by atoms with E-state index in [2.05, 4.69) is 10.5 Å². The molecule has 10 heteroatoms. The lowest BCUT2D eigenvalue weighted by atomic mass is 10.1. The highest BCUT2D eigenvalue weighted by atomic mass is 35.5. The predicted molar refractivity (Wildman–Crippen MR) is 105 cm³/mol. The monoisotopic (exact) mass is 428 g/mol. The molecule has 3 N–H and O–H groups in total. The Morgan fingerprint density at radius 3 is 2.41 bits per heavy atom. The Morgan fingerprint density at radius 1 is 1.17 bits per heavy atom. The van der Waals surface area contributed by atoms with Gasteiger partial charge in [-0.05, 0) is 50.6 Å². The van der Waals surface area contributed by atoms with Gasteiger partial charge >= 0.3 is 6.18 Å². The van der Waals surface area contributed by atoms with Gasteiger partial charge in [-0.1, -0.05) is 5.16 Å². The van der Waals surface area contributed by atoms with Gasteiger partial charge in [-0.25, -0.2) is 0 Å². The van der Waals surface area contributed by atoms with Crippen molar-refractivity contribution < 1.29 is 22.5 Å². The first kappa shape index (κ1) is 22.5. The zero-order valence-electron chi connectivity index (χ0n) is 15.9. The Hall–Kier alpha value is -2.78. The topological polar surface area (TPSA) is 86.1 Å². The minimum Gasteiger partial charge on any atom is -0.360 e. The van der Waals surface area contributed by atoms with Gasteiger partial charge in [-0.3, -0.25) is 9.36 Å². The third kappa shape index (κ3) is 4.63. The van der Waals surface area contributed by atoms with Gasteiger partial charge in [0.25, 0.3) is 5.91 Å². The van der Waals surface area contributed by atoms with E-state index in [1.54, 1.807) is 37.5 Å². The Kier molecular flexibility index (Phi) is 6.44. The van der Waals surface area contributed by atoms with Gasteiger partial charge in [0, 0.05) is 29.7 Å². The summed E-state index contributed by atoms with van der Waals surface area (Å²) in [7, 11) is 0. The second kappa shape index (κ2) is 8.30. The van der Waals surface area contributed by atoms with Crippen LogP contribution in [0.15, 0.2) is 34.9 Å². The van der Waals surface area contributed by atoms with E-state index in [0.29, 0.717) is 22.8 Å². The van der Waals surface area contributed by atoms with Crippen molar-refractivity contribution in [1.82, 2.24) is 9.72 Å². The predicted octanol–water partition coefficient (Wildman–Crippen LogP) is 4.54. The molecule has 3 rings (SSSR count). The number of anilines is 1. The fraction of sp³-hybridized carbons (Fsp3) is 0.263. The van der Waals surface area contributed by atoms with Crippen molar-refractivity contribution in [1.29, 1.82) is 0 Å². The van der Waals surface area contributed by atoms with E-state index in [-0.39, 0.29) is 30.2 Å². The standard InChI is InChI=1S/C19H19F3N4O2.ClH/c1-10-4-16(12(3)26(10)17-5-11(2)28-25-17)18(27)24-15-7-13(9-23)6-14(8-15)19(20,21)22;/h4-8H,9,23H2,1-3H3,(H,24,27);1H. The van der Waals surface area contributed by atoms with E-state index in [0.717, 1.165) is 17.8 Å². The van der Waals surface area contributed by atoms with Gasteiger partial charge in [0.15, 0.2) is 5.82 Å². The quantitative estimate of drug-likeness (QED) is 0.638. The summed E-state index contributed by atoms with van der Waals surface area (Å²) in [6, 6.07) is 6.65. The number of nitrogens with zero attached hydrogens (tertiary/aromatic N) is 2. The molecule has 0 aliphatic carbocycles. The number of nitrogens with two attached hydrogens (primary N) is 1. The van der Waals surface area contributed by atoms with E-state index in [1.165, 1.54) is 6.07 Å². The van der Waals surface area contributed by atoms with Crippen molar-refractivity contribution in [2.45, 2.75) is 33.5 Å². The summed E-state index contributed by atoms with van der Waals surface area (Å²) in [5, 5.41) is 6.47. The number of alkyl halides is 3. The molecule has 0 aliphatic rings. The first-order valence-corrected chi connectivity index (χ1v) is 8.45. The summed E-state index contributed by atoms with van der Waals surface area (Å²) in [5.74, 6) is 0.615. The number of nitrogens with one attached hydrogen (secondary N) is 1. The second-order valence-corrected chi connectivity index (χ2v) is 6.49. The van der Waals surface area contributed by atoms with Crippen LogP contribution in [0.2, 0.25) is 0 Å². The van der Waals surface area contributed by atoms with Crippen molar-refractivity contribution in [3.8, 4) is 5.82 Å². The van der Waals surface area contributed by atoms with Crippen molar-refractivity contribution in [2.24, 2.45) is 5.73 Å². The molecular weight excluding hydrogens is 409 g/mol. The van der Waals surface area contributed by atoms with Crippen LogP contribution in [0, 0.1) is 20.8 Å². The molecule has 0 fully saturated rings. The number of halogens is 4. The fourth-order valence-corrected chi connectivity index (χ4v) is 3.05. The number of aromatic nitrogens is 2. The molecule has 1 amide bonds. The highest BCUT2D eigenvalue weighted by molar-refractivity contribution is 6.05. The van der Waals surface area contributed by atoms with Gasteiger partial charge in [-0.2, -0.15) is 13.2 Å². The van der Waals surface area contributed by atoms with Crippen LogP contribution in [0.25, 0.3) is 5.82 Å². The first-order chi connectivity index (χ1) is 13.1. The number of hydrogen-bond donors (Lipinski definition) is 2. The van der Waals surface area contributed by atoms with Crippen molar-refractivity contribution in [3.63, 3.8) is 0 Å². The highest BCUT2D eigenvalue weighted by Crippen LogP contribution is 2.32. The lowest BCUT2D eigenvalue weighted by Crippen LogP contribution is -2.15. The number of hydrogen-bond acceptors (Lipinski definition) is 4. The smallest absolute Gasteiger partial charge is 0.360 e. The van der Waals surface area contributed by atoms with E-state index in [4.69, 9.17) is 10.3 Å². The maximum Gasteiger partial charge on any atom is 0.416 e. The molecule has 1 aromatic carbocycles. The normalized spacial score (nSPS) is 11.3. The Labute approximate surface area is 171 Å². The summed E-state index contributed by atoms with van der Waals surface area (Å²) in [6.45, 7) is 5.20. The molecule has 0 aliphatic heterocycles. The molecule has 2 aromatic heterocycles. The summed E-state index contributed by atoms with van der Waals surface area (Å²) in [4.78, 5) is 12.7. The van der Waals surface area contributed by atoms with Crippen molar-refractivity contribution >= 4 is 24.0 Å². The third-order valence-corrected chi connectivity index (χ3v) is 4.33. The average Bonchev–Trinajstić information content (AvgIpc) is 3.16. The molecule has 0 spiro atoms. The number of amides is 1. The van der Waals surface area contributed by atoms with Crippen molar-refractivity contribution in [3.05, 3.63) is 64.2 Å². The maximum atomic E-state index is 13.1. The van der Waals surface area contributed by atoms with Crippen LogP contribution < -0.4 is 11.1 Å².